The van der Waals surface area contributed by atoms with Gasteiger partial charge in [0.15, 0.2) is 0 Å². The van der Waals surface area contributed by atoms with E-state index in [1.165, 1.54) is 4.90 Å². The summed E-state index contributed by atoms with van der Waals surface area (Å²) in [5.74, 6) is 0. The molecule has 1 aromatic heterocycles. The van der Waals surface area contributed by atoms with Crippen molar-refractivity contribution in [2.45, 2.75) is 0 Å². The zero-order valence-corrected chi connectivity index (χ0v) is 7.50. The van der Waals surface area contributed by atoms with E-state index in [9.17, 15) is 4.79 Å². The molecule has 0 saturated carbocycles. The molecule has 0 aliphatic carbocycles. The van der Waals surface area contributed by atoms with Crippen LogP contribution in [0.3, 0.4) is 0 Å². The van der Waals surface area contributed by atoms with Gasteiger partial charge in [-0.2, -0.15) is 0 Å². The van der Waals surface area contributed by atoms with Crippen molar-refractivity contribution < 1.29 is 4.79 Å². The van der Waals surface area contributed by atoms with Crippen LogP contribution in [-0.2, 0) is 0 Å². The fourth-order valence-corrected chi connectivity index (χ4v) is 1.23. The van der Waals surface area contributed by atoms with Gasteiger partial charge in [-0.05, 0) is 12.1 Å². The maximum Gasteiger partial charge on any atom is 0.320 e. The number of rotatable bonds is 1. The van der Waals surface area contributed by atoms with Gasteiger partial charge in [0, 0.05) is 24.8 Å². The Kier molecular flexibility index (Phi) is 2.06. The van der Waals surface area contributed by atoms with E-state index in [4.69, 9.17) is 5.73 Å². The number of primary amides is 1. The van der Waals surface area contributed by atoms with Crippen LogP contribution in [0.4, 0.5) is 4.79 Å². The first-order chi connectivity index (χ1) is 6.77. The highest BCUT2D eigenvalue weighted by Gasteiger charge is 2.10. The highest BCUT2D eigenvalue weighted by atomic mass is 16.2. The Morgan fingerprint density at radius 3 is 2.79 bits per heavy atom. The fourth-order valence-electron chi connectivity index (χ4n) is 1.23. The molecule has 72 valence electrons. The molecule has 0 unspecified atom stereocenters. The average Bonchev–Trinajstić information content (AvgIpc) is 2.71. The number of nitrogens with zero attached hydrogens (tertiary/aromatic N) is 3. The molecule has 2 N–H and O–H groups in total. The van der Waals surface area contributed by atoms with Crippen molar-refractivity contribution in [3.8, 4) is 0 Å². The van der Waals surface area contributed by atoms with Gasteiger partial charge < -0.3 is 10.3 Å². The summed E-state index contributed by atoms with van der Waals surface area (Å²) in [6.07, 6.45) is 7.14. The monoisotopic (exact) mass is 190 g/mol. The molecule has 1 aliphatic heterocycles. The number of aliphatic imine (C=N–C) groups is 1. The third-order valence-corrected chi connectivity index (χ3v) is 1.93. The van der Waals surface area contributed by atoms with Gasteiger partial charge in [0.2, 0.25) is 0 Å². The molecule has 5 heteroatoms. The summed E-state index contributed by atoms with van der Waals surface area (Å²) in [4.78, 5) is 16.3. The Labute approximate surface area is 81.1 Å². The summed E-state index contributed by atoms with van der Waals surface area (Å²) < 4.78 is 1.86. The molecule has 14 heavy (non-hydrogen) atoms. The number of hydrogen-bond acceptors (Lipinski definition) is 2. The second kappa shape index (κ2) is 3.37. The lowest BCUT2D eigenvalue weighted by molar-refractivity contribution is 0.225. The molecule has 0 bridgehead atoms. The molecular weight excluding hydrogens is 180 g/mol. The van der Waals surface area contributed by atoms with Crippen molar-refractivity contribution in [2.75, 3.05) is 6.67 Å². The van der Waals surface area contributed by atoms with E-state index in [1.54, 1.807) is 12.4 Å². The Morgan fingerprint density at radius 2 is 2.14 bits per heavy atom. The molecule has 0 radical (unpaired) electrons. The summed E-state index contributed by atoms with van der Waals surface area (Å²) in [6.45, 7) is 0.292. The van der Waals surface area contributed by atoms with E-state index in [0.717, 1.165) is 5.70 Å². The highest BCUT2D eigenvalue weighted by Crippen LogP contribution is 2.08. The Morgan fingerprint density at radius 1 is 1.43 bits per heavy atom. The molecule has 0 saturated heterocycles. The van der Waals surface area contributed by atoms with E-state index in [1.807, 2.05) is 29.1 Å². The standard InChI is InChI=1S/C9H10N4O/c10-9(14)13-6-8(5-11-7-13)12-3-1-2-4-12/h1-6H,7H2,(H2,10,14). The molecular formula is C9H10N4O. The molecule has 0 spiro atoms. The minimum atomic E-state index is -0.494. The number of carbonyl (C=O) groups is 1. The lowest BCUT2D eigenvalue weighted by Crippen LogP contribution is -2.33. The summed E-state index contributed by atoms with van der Waals surface area (Å²) in [5, 5.41) is 0. The van der Waals surface area contributed by atoms with Gasteiger partial charge in [-0.25, -0.2) is 4.79 Å². The van der Waals surface area contributed by atoms with Crippen LogP contribution in [0, 0.1) is 0 Å². The van der Waals surface area contributed by atoms with Gasteiger partial charge in [-0.1, -0.05) is 0 Å². The van der Waals surface area contributed by atoms with Gasteiger partial charge in [0.25, 0.3) is 0 Å². The van der Waals surface area contributed by atoms with Crippen LogP contribution < -0.4 is 5.73 Å². The summed E-state index contributed by atoms with van der Waals surface area (Å²) in [7, 11) is 0. The number of nitrogens with two attached hydrogens (primary N) is 1. The SMILES string of the molecule is NC(=O)N1C=C(n2cccc2)C=NC1. The van der Waals surface area contributed by atoms with Crippen molar-refractivity contribution >= 4 is 17.9 Å². The molecule has 0 fully saturated rings. The third kappa shape index (κ3) is 1.52. The molecule has 1 aliphatic rings. The first-order valence-corrected chi connectivity index (χ1v) is 4.18. The number of allylic oxidation sites excluding steroid dienone is 1. The molecule has 0 atom stereocenters. The number of aromatic nitrogens is 1. The quantitative estimate of drug-likeness (QED) is 0.696. The van der Waals surface area contributed by atoms with Crippen LogP contribution in [0.25, 0.3) is 5.70 Å². The van der Waals surface area contributed by atoms with E-state index in [0.29, 0.717) is 6.67 Å². The van der Waals surface area contributed by atoms with Crippen LogP contribution in [0.1, 0.15) is 0 Å². The first-order valence-electron chi connectivity index (χ1n) is 4.18. The van der Waals surface area contributed by atoms with Crippen LogP contribution in [0.15, 0.2) is 35.7 Å². The molecule has 2 rings (SSSR count). The smallest absolute Gasteiger partial charge is 0.320 e. The van der Waals surface area contributed by atoms with Gasteiger partial charge >= 0.3 is 6.03 Å². The Hall–Kier alpha value is -2.04. The zero-order valence-electron chi connectivity index (χ0n) is 7.50. The van der Waals surface area contributed by atoms with Gasteiger partial charge in [0.05, 0.1) is 5.70 Å². The zero-order chi connectivity index (χ0) is 9.97. The van der Waals surface area contributed by atoms with Crippen LogP contribution in [0.2, 0.25) is 0 Å². The van der Waals surface area contributed by atoms with Crippen molar-refractivity contribution in [1.82, 2.24) is 9.47 Å². The van der Waals surface area contributed by atoms with E-state index < -0.39 is 6.03 Å². The first kappa shape index (κ1) is 8.55. The number of carbonyl (C=O) groups excluding carboxylic acids is 1. The molecule has 1 aromatic rings. The van der Waals surface area contributed by atoms with E-state index >= 15 is 0 Å². The molecule has 5 nitrogen and oxygen atoms in total. The van der Waals surface area contributed by atoms with Crippen LogP contribution in [0.5, 0.6) is 0 Å². The fraction of sp³-hybridized carbons (Fsp3) is 0.111. The predicted molar refractivity (Wildman–Crippen MR) is 53.5 cm³/mol. The molecule has 2 heterocycles. The molecule has 2 amide bonds. The van der Waals surface area contributed by atoms with Gasteiger partial charge in [-0.15, -0.1) is 0 Å². The summed E-state index contributed by atoms with van der Waals surface area (Å²) in [5.41, 5.74) is 5.96. The number of amides is 2. The lowest BCUT2D eigenvalue weighted by atomic mass is 10.4. The number of hydrogen-bond donors (Lipinski definition) is 1. The topological polar surface area (TPSA) is 63.6 Å². The van der Waals surface area contributed by atoms with E-state index in [-0.39, 0.29) is 0 Å². The van der Waals surface area contributed by atoms with Crippen molar-refractivity contribution in [3.05, 3.63) is 30.7 Å². The molecule has 0 aromatic carbocycles. The minimum Gasteiger partial charge on any atom is -0.351 e. The Balaban J connectivity index is 2.28. The van der Waals surface area contributed by atoms with Crippen molar-refractivity contribution in [1.29, 1.82) is 0 Å². The number of urea groups is 1. The average molecular weight is 190 g/mol. The second-order valence-corrected chi connectivity index (χ2v) is 2.91. The lowest BCUT2D eigenvalue weighted by Gasteiger charge is -2.18. The van der Waals surface area contributed by atoms with Crippen molar-refractivity contribution in [2.24, 2.45) is 10.7 Å². The Bertz CT molecular complexity index is 391. The summed E-state index contributed by atoms with van der Waals surface area (Å²) >= 11 is 0. The van der Waals surface area contributed by atoms with Crippen LogP contribution >= 0.6 is 0 Å². The maximum absolute atomic E-state index is 10.9. The van der Waals surface area contributed by atoms with Gasteiger partial charge in [-0.3, -0.25) is 9.89 Å². The normalized spacial score (nSPS) is 15.4. The predicted octanol–water partition coefficient (Wildman–Crippen LogP) is 0.709. The minimum absolute atomic E-state index is 0.292. The highest BCUT2D eigenvalue weighted by molar-refractivity contribution is 6.03. The van der Waals surface area contributed by atoms with Gasteiger partial charge in [0.1, 0.15) is 6.67 Å². The largest absolute Gasteiger partial charge is 0.351 e. The third-order valence-electron chi connectivity index (χ3n) is 1.93. The van der Waals surface area contributed by atoms with E-state index in [2.05, 4.69) is 4.99 Å². The van der Waals surface area contributed by atoms with Crippen molar-refractivity contribution in [3.63, 3.8) is 0 Å². The second-order valence-electron chi connectivity index (χ2n) is 2.91. The van der Waals surface area contributed by atoms with Crippen LogP contribution in [-0.4, -0.2) is 28.4 Å². The maximum atomic E-state index is 10.9. The summed E-state index contributed by atoms with van der Waals surface area (Å²) in [6, 6.07) is 3.31.